The van der Waals surface area contributed by atoms with Crippen LogP contribution in [0.25, 0.3) is 33.3 Å². The van der Waals surface area contributed by atoms with Crippen LogP contribution in [-0.4, -0.2) is 29.0 Å². The van der Waals surface area contributed by atoms with Crippen molar-refractivity contribution < 1.29 is 5.11 Å². The van der Waals surface area contributed by atoms with E-state index in [1.165, 1.54) is 0 Å². The Balaban J connectivity index is 0.00000169. The van der Waals surface area contributed by atoms with Gasteiger partial charge in [0, 0.05) is 16.5 Å². The second kappa shape index (κ2) is 6.93. The summed E-state index contributed by atoms with van der Waals surface area (Å²) in [4.78, 5) is 4.82. The summed E-state index contributed by atoms with van der Waals surface area (Å²) in [6, 6.07) is 27.8. The Kier molecular flexibility index (Phi) is 4.71. The van der Waals surface area contributed by atoms with E-state index in [4.69, 9.17) is 4.98 Å². The van der Waals surface area contributed by atoms with Crippen molar-refractivity contribution >= 4 is 29.8 Å². The number of pyridine rings is 1. The fourth-order valence-electron chi connectivity index (χ4n) is 2.83. The number of phenolic OH excluding ortho intramolecular Hbond substituents is 1. The van der Waals surface area contributed by atoms with Crippen LogP contribution in [0.1, 0.15) is 0 Å². The minimum absolute atomic E-state index is 0. The summed E-state index contributed by atoms with van der Waals surface area (Å²) in [5.74, 6) is 0.256. The SMILES string of the molecule is Oc1cccc2nc(-c3ccccc3)c(-c3ccccc3)cc12.[LiH]. The first-order valence-corrected chi connectivity index (χ1v) is 7.56. The van der Waals surface area contributed by atoms with Gasteiger partial charge in [0.25, 0.3) is 0 Å². The standard InChI is InChI=1S/C21H15NO.Li.H/c23-20-13-7-12-19-18(20)14-17(15-8-3-1-4-9-15)21(22-19)16-10-5-2-6-11-16;;/h1-14,23H;;. The van der Waals surface area contributed by atoms with Crippen molar-refractivity contribution in [1.29, 1.82) is 0 Å². The average molecular weight is 305 g/mol. The van der Waals surface area contributed by atoms with Gasteiger partial charge < -0.3 is 5.11 Å². The van der Waals surface area contributed by atoms with E-state index in [0.717, 1.165) is 33.3 Å². The van der Waals surface area contributed by atoms with Crippen molar-refractivity contribution in [3.05, 3.63) is 84.9 Å². The van der Waals surface area contributed by atoms with E-state index < -0.39 is 0 Å². The average Bonchev–Trinajstić information content (AvgIpc) is 2.63. The summed E-state index contributed by atoms with van der Waals surface area (Å²) >= 11 is 0. The van der Waals surface area contributed by atoms with Gasteiger partial charge in [-0.15, -0.1) is 0 Å². The molecule has 0 amide bonds. The molecule has 0 aliphatic heterocycles. The van der Waals surface area contributed by atoms with Crippen LogP contribution in [0.4, 0.5) is 0 Å². The van der Waals surface area contributed by atoms with Gasteiger partial charge in [0.2, 0.25) is 0 Å². The number of aromatic hydroxyl groups is 1. The Morgan fingerprint density at radius 1 is 0.667 bits per heavy atom. The summed E-state index contributed by atoms with van der Waals surface area (Å²) in [6.07, 6.45) is 0. The summed E-state index contributed by atoms with van der Waals surface area (Å²) in [5, 5.41) is 10.9. The number of hydrogen-bond acceptors (Lipinski definition) is 2. The van der Waals surface area contributed by atoms with Crippen LogP contribution in [0, 0.1) is 0 Å². The molecule has 4 aromatic rings. The van der Waals surface area contributed by atoms with Crippen LogP contribution in [0.2, 0.25) is 0 Å². The Morgan fingerprint density at radius 3 is 1.96 bits per heavy atom. The fourth-order valence-corrected chi connectivity index (χ4v) is 2.83. The van der Waals surface area contributed by atoms with Crippen LogP contribution in [0.3, 0.4) is 0 Å². The molecule has 0 unspecified atom stereocenters. The predicted octanol–water partition coefficient (Wildman–Crippen LogP) is 4.63. The fraction of sp³-hybridized carbons (Fsp3) is 0. The minimum atomic E-state index is 0. The topological polar surface area (TPSA) is 33.1 Å². The first-order valence-electron chi connectivity index (χ1n) is 7.56. The van der Waals surface area contributed by atoms with Crippen molar-refractivity contribution in [3.63, 3.8) is 0 Å². The number of nitrogens with zero attached hydrogens (tertiary/aromatic N) is 1. The molecule has 0 atom stereocenters. The van der Waals surface area contributed by atoms with E-state index >= 15 is 0 Å². The molecule has 0 spiro atoms. The van der Waals surface area contributed by atoms with Gasteiger partial charge in [-0.05, 0) is 23.8 Å². The number of benzene rings is 3. The Hall–Kier alpha value is -2.53. The molecule has 0 saturated heterocycles. The Labute approximate surface area is 153 Å². The summed E-state index contributed by atoms with van der Waals surface area (Å²) in [7, 11) is 0. The van der Waals surface area contributed by atoms with Gasteiger partial charge in [0.1, 0.15) is 5.75 Å². The third-order valence-corrected chi connectivity index (χ3v) is 3.97. The third kappa shape index (κ3) is 2.95. The van der Waals surface area contributed by atoms with Gasteiger partial charge in [-0.2, -0.15) is 0 Å². The number of aromatic nitrogens is 1. The zero-order valence-corrected chi connectivity index (χ0v) is 12.5. The van der Waals surface area contributed by atoms with Crippen molar-refractivity contribution in [2.75, 3.05) is 0 Å². The van der Waals surface area contributed by atoms with Crippen molar-refractivity contribution in [2.45, 2.75) is 0 Å². The number of rotatable bonds is 2. The van der Waals surface area contributed by atoms with E-state index in [1.54, 1.807) is 6.07 Å². The maximum atomic E-state index is 10.2. The molecule has 0 fully saturated rings. The quantitative estimate of drug-likeness (QED) is 0.548. The van der Waals surface area contributed by atoms with E-state index in [9.17, 15) is 5.11 Å². The van der Waals surface area contributed by atoms with Crippen LogP contribution in [-0.2, 0) is 0 Å². The van der Waals surface area contributed by atoms with E-state index in [-0.39, 0.29) is 24.6 Å². The van der Waals surface area contributed by atoms with Gasteiger partial charge in [-0.3, -0.25) is 0 Å². The van der Waals surface area contributed by atoms with Gasteiger partial charge in [0.05, 0.1) is 11.2 Å². The summed E-state index contributed by atoms with van der Waals surface area (Å²) in [6.45, 7) is 0. The van der Waals surface area contributed by atoms with E-state index in [0.29, 0.717) is 0 Å². The zero-order valence-electron chi connectivity index (χ0n) is 12.5. The molecule has 0 aliphatic rings. The molecule has 1 aromatic heterocycles. The maximum absolute atomic E-state index is 10.2. The number of hydrogen-bond donors (Lipinski definition) is 1. The Morgan fingerprint density at radius 2 is 1.29 bits per heavy atom. The second-order valence-corrected chi connectivity index (χ2v) is 5.46. The van der Waals surface area contributed by atoms with Crippen LogP contribution in [0.15, 0.2) is 84.9 Å². The Bertz CT molecular complexity index is 969. The molecule has 2 nitrogen and oxygen atoms in total. The first kappa shape index (κ1) is 16.3. The molecule has 3 aromatic carbocycles. The molecule has 4 rings (SSSR count). The van der Waals surface area contributed by atoms with E-state index in [2.05, 4.69) is 24.3 Å². The molecule has 24 heavy (non-hydrogen) atoms. The molecule has 0 aliphatic carbocycles. The van der Waals surface area contributed by atoms with Crippen LogP contribution in [0.5, 0.6) is 5.75 Å². The van der Waals surface area contributed by atoms with Gasteiger partial charge >= 0.3 is 18.9 Å². The monoisotopic (exact) mass is 305 g/mol. The first-order chi connectivity index (χ1) is 11.3. The van der Waals surface area contributed by atoms with Gasteiger partial charge in [-0.25, -0.2) is 4.98 Å². The zero-order chi connectivity index (χ0) is 15.6. The van der Waals surface area contributed by atoms with Crippen LogP contribution < -0.4 is 0 Å². The third-order valence-electron chi connectivity index (χ3n) is 3.97. The molecule has 0 radical (unpaired) electrons. The number of phenols is 1. The predicted molar refractivity (Wildman–Crippen MR) is 101 cm³/mol. The van der Waals surface area contributed by atoms with Crippen molar-refractivity contribution in [2.24, 2.45) is 0 Å². The molecule has 0 bridgehead atoms. The molecule has 112 valence electrons. The second-order valence-electron chi connectivity index (χ2n) is 5.46. The summed E-state index contributed by atoms with van der Waals surface area (Å²) < 4.78 is 0. The molecular formula is C21H16LiNO. The number of fused-ring (bicyclic) bond motifs is 1. The molecule has 3 heteroatoms. The molecule has 1 heterocycles. The van der Waals surface area contributed by atoms with Gasteiger partial charge in [0.15, 0.2) is 0 Å². The van der Waals surface area contributed by atoms with Crippen molar-refractivity contribution in [1.82, 2.24) is 4.98 Å². The molecular weight excluding hydrogens is 289 g/mol. The van der Waals surface area contributed by atoms with Crippen LogP contribution >= 0.6 is 0 Å². The molecule has 0 saturated carbocycles. The summed E-state index contributed by atoms with van der Waals surface area (Å²) in [5.41, 5.74) is 4.89. The molecule has 1 N–H and O–H groups in total. The van der Waals surface area contributed by atoms with Gasteiger partial charge in [-0.1, -0.05) is 66.7 Å². The van der Waals surface area contributed by atoms with Crippen molar-refractivity contribution in [3.8, 4) is 28.1 Å². The van der Waals surface area contributed by atoms with E-state index in [1.807, 2.05) is 54.6 Å². The normalized spacial score (nSPS) is 10.3.